The Balaban J connectivity index is 1.34. The van der Waals surface area contributed by atoms with Gasteiger partial charge in [-0.25, -0.2) is 4.98 Å². The minimum Gasteiger partial charge on any atom is -0.507 e. The summed E-state index contributed by atoms with van der Waals surface area (Å²) < 4.78 is 29.1. The molecule has 0 saturated heterocycles. The van der Waals surface area contributed by atoms with Crippen molar-refractivity contribution in [2.24, 2.45) is 0 Å². The van der Waals surface area contributed by atoms with Crippen molar-refractivity contribution in [2.45, 2.75) is 85.4 Å². The van der Waals surface area contributed by atoms with Crippen LogP contribution in [0.3, 0.4) is 0 Å². The van der Waals surface area contributed by atoms with Crippen molar-refractivity contribution in [1.82, 2.24) is 14.5 Å². The number of imidazole rings is 1. The molecule has 1 N–H and O–H groups in total. The highest BCUT2D eigenvalue weighted by Crippen LogP contribution is 2.45. The zero-order valence-corrected chi connectivity index (χ0v) is 39.0. The molecule has 0 bridgehead atoms. The van der Waals surface area contributed by atoms with Crippen molar-refractivity contribution in [3.8, 4) is 78.6 Å². The fourth-order valence-electron chi connectivity index (χ4n) is 8.77. The fraction of sp³-hybridized carbons (Fsp3) is 0.213. The van der Waals surface area contributed by atoms with E-state index >= 15 is 0 Å². The van der Waals surface area contributed by atoms with E-state index in [-0.39, 0.29) is 22.1 Å². The molecular formula is C61H59N3O. The van der Waals surface area contributed by atoms with Gasteiger partial charge in [0, 0.05) is 27.0 Å². The van der Waals surface area contributed by atoms with E-state index in [1.54, 1.807) is 6.07 Å². The Morgan fingerprint density at radius 3 is 1.72 bits per heavy atom. The number of hydrogen-bond acceptors (Lipinski definition) is 3. The molecule has 65 heavy (non-hydrogen) atoms. The lowest BCUT2D eigenvalue weighted by Crippen LogP contribution is -2.17. The van der Waals surface area contributed by atoms with E-state index in [1.807, 2.05) is 83.6 Å². The zero-order valence-electron chi connectivity index (χ0n) is 42.0. The van der Waals surface area contributed by atoms with E-state index in [4.69, 9.17) is 14.1 Å². The van der Waals surface area contributed by atoms with Crippen LogP contribution in [0.1, 0.15) is 88.7 Å². The topological polar surface area (TPSA) is 50.9 Å². The molecule has 0 atom stereocenters. The summed E-state index contributed by atoms with van der Waals surface area (Å²) in [5.74, 6) is 0.568. The van der Waals surface area contributed by atoms with Crippen LogP contribution < -0.4 is 0 Å². The lowest BCUT2D eigenvalue weighted by molar-refractivity contribution is 0.446. The van der Waals surface area contributed by atoms with Gasteiger partial charge in [0.2, 0.25) is 0 Å². The van der Waals surface area contributed by atoms with Crippen LogP contribution in [0.2, 0.25) is 0 Å². The van der Waals surface area contributed by atoms with Gasteiger partial charge < -0.3 is 5.11 Å². The number of aromatic hydroxyl groups is 1. The number of pyridine rings is 1. The molecule has 0 amide bonds. The second-order valence-electron chi connectivity index (χ2n) is 20.4. The number of fused-ring (bicyclic) bond motifs is 1. The number of phenolic OH excluding ortho intramolecular Hbond substituents is 1. The van der Waals surface area contributed by atoms with Crippen LogP contribution in [0.25, 0.3) is 83.9 Å². The van der Waals surface area contributed by atoms with E-state index in [2.05, 4.69) is 147 Å². The van der Waals surface area contributed by atoms with E-state index in [0.29, 0.717) is 28.1 Å². The molecule has 9 aromatic rings. The van der Waals surface area contributed by atoms with Gasteiger partial charge in [0.15, 0.2) is 0 Å². The monoisotopic (exact) mass is 852 g/mol. The van der Waals surface area contributed by atoms with Crippen LogP contribution >= 0.6 is 0 Å². The number of phenols is 1. The first-order valence-electron chi connectivity index (χ1n) is 24.0. The summed E-state index contributed by atoms with van der Waals surface area (Å²) in [4.78, 5) is 10.4. The van der Waals surface area contributed by atoms with Gasteiger partial charge in [0.05, 0.1) is 28.0 Å². The highest BCUT2D eigenvalue weighted by atomic mass is 16.3. The molecule has 2 aromatic heterocycles. The van der Waals surface area contributed by atoms with E-state index in [0.717, 1.165) is 66.9 Å². The number of aryl methyl sites for hydroxylation is 1. The van der Waals surface area contributed by atoms with Crippen molar-refractivity contribution >= 4 is 11.0 Å². The van der Waals surface area contributed by atoms with Crippen LogP contribution in [-0.2, 0) is 16.2 Å². The largest absolute Gasteiger partial charge is 0.507 e. The second-order valence-corrected chi connectivity index (χ2v) is 20.4. The van der Waals surface area contributed by atoms with Gasteiger partial charge in [0.1, 0.15) is 11.6 Å². The molecule has 2 heterocycles. The summed E-state index contributed by atoms with van der Waals surface area (Å²) in [5.41, 5.74) is 14.4. The summed E-state index contributed by atoms with van der Waals surface area (Å²) in [6, 6.07) is 55.6. The quantitative estimate of drug-likeness (QED) is 0.174. The van der Waals surface area contributed by atoms with Crippen molar-refractivity contribution in [1.29, 1.82) is 0 Å². The minimum atomic E-state index is -2.51. The maximum Gasteiger partial charge on any atom is 0.149 e. The molecule has 0 aliphatic heterocycles. The average molecular weight is 853 g/mol. The molecule has 4 heteroatoms. The molecule has 0 spiro atoms. The third-order valence-corrected chi connectivity index (χ3v) is 12.5. The maximum absolute atomic E-state index is 12.5. The molecule has 0 radical (unpaired) electrons. The fourth-order valence-corrected chi connectivity index (χ4v) is 8.77. The first kappa shape index (κ1) is 39.5. The lowest BCUT2D eigenvalue weighted by Gasteiger charge is -2.27. The summed E-state index contributed by atoms with van der Waals surface area (Å²) in [6.45, 7) is 16.8. The highest BCUT2D eigenvalue weighted by Gasteiger charge is 2.29. The minimum absolute atomic E-state index is 0.0263. The van der Waals surface area contributed by atoms with E-state index < -0.39 is 12.3 Å². The summed E-state index contributed by atoms with van der Waals surface area (Å²) in [6.07, 6.45) is 1.86. The summed E-state index contributed by atoms with van der Waals surface area (Å²) in [7, 11) is 0. The predicted octanol–water partition coefficient (Wildman–Crippen LogP) is 16.3. The Morgan fingerprint density at radius 2 is 1.08 bits per heavy atom. The Labute approximate surface area is 389 Å². The number of para-hydroxylation sites is 1. The molecule has 0 fully saturated rings. The van der Waals surface area contributed by atoms with Crippen molar-refractivity contribution in [3.63, 3.8) is 0 Å². The third-order valence-electron chi connectivity index (χ3n) is 12.5. The first-order chi connectivity index (χ1) is 32.1. The van der Waals surface area contributed by atoms with E-state index in [1.165, 1.54) is 5.56 Å². The van der Waals surface area contributed by atoms with Crippen LogP contribution in [0, 0.1) is 6.85 Å². The van der Waals surface area contributed by atoms with E-state index in [9.17, 15) is 5.11 Å². The van der Waals surface area contributed by atoms with Crippen LogP contribution in [0.5, 0.6) is 5.75 Å². The van der Waals surface area contributed by atoms with Gasteiger partial charge in [-0.05, 0) is 133 Å². The molecule has 7 aromatic carbocycles. The van der Waals surface area contributed by atoms with Crippen molar-refractivity contribution < 1.29 is 9.22 Å². The molecule has 0 saturated carbocycles. The molecule has 9 rings (SSSR count). The van der Waals surface area contributed by atoms with Gasteiger partial charge in [-0.1, -0.05) is 172 Å². The summed E-state index contributed by atoms with van der Waals surface area (Å²) >= 11 is 0. The molecular weight excluding hydrogens is 791 g/mol. The van der Waals surface area contributed by atoms with Gasteiger partial charge in [-0.15, -0.1) is 0 Å². The van der Waals surface area contributed by atoms with Gasteiger partial charge in [0.25, 0.3) is 0 Å². The average Bonchev–Trinajstić information content (AvgIpc) is 3.70. The van der Waals surface area contributed by atoms with Crippen LogP contribution in [0.15, 0.2) is 170 Å². The number of aromatic nitrogens is 3. The zero-order chi connectivity index (χ0) is 48.3. The van der Waals surface area contributed by atoms with Crippen LogP contribution in [-0.4, -0.2) is 19.6 Å². The number of hydrogen-bond donors (Lipinski definition) is 1. The Morgan fingerprint density at radius 1 is 0.477 bits per heavy atom. The van der Waals surface area contributed by atoms with Gasteiger partial charge in [-0.3, -0.25) is 9.55 Å². The third kappa shape index (κ3) is 8.54. The molecule has 0 aliphatic rings. The van der Waals surface area contributed by atoms with Crippen molar-refractivity contribution in [2.75, 3.05) is 0 Å². The number of rotatable bonds is 7. The second kappa shape index (κ2) is 16.5. The molecule has 0 aliphatic carbocycles. The lowest BCUT2D eigenvalue weighted by atomic mass is 9.79. The smallest absolute Gasteiger partial charge is 0.149 e. The molecule has 0 unspecified atom stereocenters. The maximum atomic E-state index is 12.5. The molecule has 4 nitrogen and oxygen atoms in total. The normalized spacial score (nSPS) is 13.1. The summed E-state index contributed by atoms with van der Waals surface area (Å²) in [5, 5.41) is 12.5. The Hall–Kier alpha value is -7.04. The van der Waals surface area contributed by atoms with Gasteiger partial charge in [-0.2, -0.15) is 0 Å². The SMILES string of the molecule is [2H]C([2H])([2H])c1cc(-c2ccc(C(C)(C)C)cc2)ccc1-n1c(-c2cc(C(C)(C)C)cc(C(C)(C)C)c2O)nc2c(-c3cc(-c4ccccc4)cc(-c4cc(-c5ccccc5)ccn4)c3)cccc21. The highest BCUT2D eigenvalue weighted by molar-refractivity contribution is 5.98. The Kier molecular flexibility index (Phi) is 10.0. The van der Waals surface area contributed by atoms with Crippen molar-refractivity contribution in [3.05, 3.63) is 192 Å². The first-order valence-corrected chi connectivity index (χ1v) is 22.5. The van der Waals surface area contributed by atoms with Gasteiger partial charge >= 0.3 is 0 Å². The van der Waals surface area contributed by atoms with Crippen LogP contribution in [0.4, 0.5) is 0 Å². The number of benzene rings is 7. The number of nitrogens with zero attached hydrogens (tertiary/aromatic N) is 3. The predicted molar refractivity (Wildman–Crippen MR) is 274 cm³/mol. The Bertz CT molecular complexity index is 3310. The standard InChI is InChI=1S/C61H59N3O/c1-39-32-43(42-24-27-48(28-25-42)59(2,3)4)26-29-54(39)64-55-23-17-22-50(56(55)63-58(64)51-37-49(60(5,6)7)38-52(57(51)65)61(8,9)10)46-33-45(41-20-15-12-16-21-41)34-47(35-46)53-36-44(30-31-62-53)40-18-13-11-14-19-40/h11-38,65H,1-10H3/i1D3. The molecule has 324 valence electrons.